The number of thiophene rings is 2. The first-order valence-corrected chi connectivity index (χ1v) is 7.94. The second-order valence-electron chi connectivity index (χ2n) is 4.18. The van der Waals surface area contributed by atoms with Gasteiger partial charge in [0.2, 0.25) is 5.91 Å². The van der Waals surface area contributed by atoms with Gasteiger partial charge < -0.3 is 10.4 Å². The van der Waals surface area contributed by atoms with Crippen molar-refractivity contribution in [3.63, 3.8) is 0 Å². The van der Waals surface area contributed by atoms with E-state index in [0.29, 0.717) is 4.34 Å². The average molecular weight is 316 g/mol. The maximum atomic E-state index is 12.0. The molecule has 2 aromatic heterocycles. The largest absolute Gasteiger partial charge is 0.387 e. The highest BCUT2D eigenvalue weighted by molar-refractivity contribution is 7.16. The Bertz CT molecular complexity index is 539. The molecule has 0 radical (unpaired) electrons. The van der Waals surface area contributed by atoms with Crippen molar-refractivity contribution in [2.45, 2.75) is 18.9 Å². The molecule has 2 rings (SSSR count). The quantitative estimate of drug-likeness (QED) is 0.888. The first-order chi connectivity index (χ1) is 9.08. The summed E-state index contributed by atoms with van der Waals surface area (Å²) in [6.07, 6.45) is -0.658. The number of hydrogen-bond acceptors (Lipinski definition) is 4. The zero-order valence-electron chi connectivity index (χ0n) is 10.3. The molecule has 102 valence electrons. The van der Waals surface area contributed by atoms with Crippen LogP contribution in [0.3, 0.4) is 0 Å². The van der Waals surface area contributed by atoms with E-state index < -0.39 is 6.10 Å². The van der Waals surface area contributed by atoms with Gasteiger partial charge in [-0.15, -0.1) is 11.3 Å². The first kappa shape index (κ1) is 14.5. The summed E-state index contributed by atoms with van der Waals surface area (Å²) in [6.45, 7) is 2.05. The zero-order valence-corrected chi connectivity index (χ0v) is 12.7. The second kappa shape index (κ2) is 6.52. The molecular formula is C13H14ClNO2S2. The van der Waals surface area contributed by atoms with E-state index >= 15 is 0 Å². The van der Waals surface area contributed by atoms with Gasteiger partial charge >= 0.3 is 0 Å². The SMILES string of the molecule is CC(C(=O)NCC(O)c1ccsc1)c1ccc(Cl)s1. The van der Waals surface area contributed by atoms with E-state index in [9.17, 15) is 9.90 Å². The van der Waals surface area contributed by atoms with Crippen molar-refractivity contribution >= 4 is 40.2 Å². The molecule has 0 aromatic carbocycles. The van der Waals surface area contributed by atoms with Crippen LogP contribution in [0, 0.1) is 0 Å². The molecule has 2 unspecified atom stereocenters. The van der Waals surface area contributed by atoms with Gasteiger partial charge in [0.15, 0.2) is 0 Å². The summed E-state index contributed by atoms with van der Waals surface area (Å²) in [5.41, 5.74) is 0.831. The molecule has 6 heteroatoms. The fourth-order valence-electron chi connectivity index (χ4n) is 1.62. The van der Waals surface area contributed by atoms with E-state index in [2.05, 4.69) is 5.32 Å². The first-order valence-electron chi connectivity index (χ1n) is 5.81. The third-order valence-electron chi connectivity index (χ3n) is 2.81. The summed E-state index contributed by atoms with van der Waals surface area (Å²) in [5.74, 6) is -0.361. The van der Waals surface area contributed by atoms with Crippen LogP contribution in [0.2, 0.25) is 4.34 Å². The Morgan fingerprint density at radius 2 is 2.26 bits per heavy atom. The van der Waals surface area contributed by atoms with Crippen LogP contribution in [0.15, 0.2) is 29.0 Å². The molecule has 0 fully saturated rings. The Morgan fingerprint density at radius 3 is 2.84 bits per heavy atom. The predicted octanol–water partition coefficient (Wildman–Crippen LogP) is 3.42. The van der Waals surface area contributed by atoms with Gasteiger partial charge in [-0.05, 0) is 41.4 Å². The second-order valence-corrected chi connectivity index (χ2v) is 6.71. The Balaban J connectivity index is 1.87. The number of aliphatic hydroxyl groups excluding tert-OH is 1. The number of amides is 1. The lowest BCUT2D eigenvalue weighted by Crippen LogP contribution is -2.31. The monoisotopic (exact) mass is 315 g/mol. The van der Waals surface area contributed by atoms with E-state index in [0.717, 1.165) is 10.4 Å². The lowest BCUT2D eigenvalue weighted by Gasteiger charge is -2.13. The summed E-state index contributed by atoms with van der Waals surface area (Å²) >= 11 is 8.77. The molecule has 19 heavy (non-hydrogen) atoms. The van der Waals surface area contributed by atoms with Crippen molar-refractivity contribution in [1.82, 2.24) is 5.32 Å². The smallest absolute Gasteiger partial charge is 0.228 e. The number of carbonyl (C=O) groups excluding carboxylic acids is 1. The minimum Gasteiger partial charge on any atom is -0.387 e. The molecule has 0 saturated carbocycles. The van der Waals surface area contributed by atoms with Crippen LogP contribution in [0.25, 0.3) is 0 Å². The lowest BCUT2D eigenvalue weighted by atomic mass is 10.1. The molecule has 0 saturated heterocycles. The summed E-state index contributed by atoms with van der Waals surface area (Å²) in [4.78, 5) is 12.9. The molecule has 2 atom stereocenters. The Kier molecular flexibility index (Phi) is 4.99. The summed E-state index contributed by atoms with van der Waals surface area (Å²) in [5, 5.41) is 16.4. The van der Waals surface area contributed by atoms with Crippen molar-refractivity contribution < 1.29 is 9.90 Å². The lowest BCUT2D eigenvalue weighted by molar-refractivity contribution is -0.122. The third kappa shape index (κ3) is 3.79. The fourth-order valence-corrected chi connectivity index (χ4v) is 3.44. The molecule has 0 bridgehead atoms. The van der Waals surface area contributed by atoms with Crippen LogP contribution in [0.4, 0.5) is 0 Å². The van der Waals surface area contributed by atoms with Crippen LogP contribution in [0.1, 0.15) is 29.4 Å². The molecule has 2 aromatic rings. The van der Waals surface area contributed by atoms with Crippen LogP contribution < -0.4 is 5.32 Å². The van der Waals surface area contributed by atoms with Crippen LogP contribution in [-0.4, -0.2) is 17.6 Å². The number of nitrogens with one attached hydrogen (secondary N) is 1. The average Bonchev–Trinajstić information content (AvgIpc) is 3.05. The summed E-state index contributed by atoms with van der Waals surface area (Å²) in [6, 6.07) is 5.49. The maximum Gasteiger partial charge on any atom is 0.228 e. The van der Waals surface area contributed by atoms with E-state index in [4.69, 9.17) is 11.6 Å². The van der Waals surface area contributed by atoms with Crippen molar-refractivity contribution in [3.8, 4) is 0 Å². The van der Waals surface area contributed by atoms with Gasteiger partial charge in [-0.1, -0.05) is 11.6 Å². The number of carbonyl (C=O) groups is 1. The number of halogens is 1. The van der Waals surface area contributed by atoms with E-state index in [1.54, 1.807) is 6.07 Å². The van der Waals surface area contributed by atoms with Crippen molar-refractivity contribution in [1.29, 1.82) is 0 Å². The van der Waals surface area contributed by atoms with Crippen molar-refractivity contribution in [2.75, 3.05) is 6.54 Å². The molecule has 1 amide bonds. The molecular weight excluding hydrogens is 302 g/mol. The van der Waals surface area contributed by atoms with Crippen LogP contribution in [0.5, 0.6) is 0 Å². The van der Waals surface area contributed by atoms with Gasteiger partial charge in [0.05, 0.1) is 16.4 Å². The highest BCUT2D eigenvalue weighted by Crippen LogP contribution is 2.28. The molecule has 3 nitrogen and oxygen atoms in total. The highest BCUT2D eigenvalue weighted by atomic mass is 35.5. The van der Waals surface area contributed by atoms with Gasteiger partial charge in [0, 0.05) is 11.4 Å². The highest BCUT2D eigenvalue weighted by Gasteiger charge is 2.18. The molecule has 0 aliphatic carbocycles. The van der Waals surface area contributed by atoms with Gasteiger partial charge in [0.25, 0.3) is 0 Å². The van der Waals surface area contributed by atoms with E-state index in [1.807, 2.05) is 29.8 Å². The summed E-state index contributed by atoms with van der Waals surface area (Å²) < 4.78 is 0.674. The molecule has 0 aliphatic rings. The zero-order chi connectivity index (χ0) is 13.8. The number of aliphatic hydroxyl groups is 1. The number of rotatable bonds is 5. The van der Waals surface area contributed by atoms with Crippen molar-refractivity contribution in [2.24, 2.45) is 0 Å². The molecule has 2 heterocycles. The Labute approximate surface area is 124 Å². The van der Waals surface area contributed by atoms with Crippen molar-refractivity contribution in [3.05, 3.63) is 43.7 Å². The van der Waals surface area contributed by atoms with E-state index in [1.165, 1.54) is 22.7 Å². The fraction of sp³-hybridized carbons (Fsp3) is 0.308. The minimum absolute atomic E-state index is 0.104. The number of hydrogen-bond donors (Lipinski definition) is 2. The van der Waals surface area contributed by atoms with E-state index in [-0.39, 0.29) is 18.4 Å². The summed E-state index contributed by atoms with van der Waals surface area (Å²) in [7, 11) is 0. The Hall–Kier alpha value is -0.880. The third-order valence-corrected chi connectivity index (χ3v) is 4.93. The van der Waals surface area contributed by atoms with Gasteiger partial charge in [-0.25, -0.2) is 0 Å². The predicted molar refractivity (Wildman–Crippen MR) is 80.0 cm³/mol. The van der Waals surface area contributed by atoms with Gasteiger partial charge in [-0.2, -0.15) is 11.3 Å². The minimum atomic E-state index is -0.658. The van der Waals surface area contributed by atoms with Gasteiger partial charge in [0.1, 0.15) is 0 Å². The van der Waals surface area contributed by atoms with Crippen LogP contribution in [-0.2, 0) is 4.79 Å². The standard InChI is InChI=1S/C13H14ClNO2S2/c1-8(11-2-3-12(14)19-11)13(17)15-6-10(16)9-4-5-18-7-9/h2-5,7-8,10,16H,6H2,1H3,(H,15,17). The van der Waals surface area contributed by atoms with Crippen LogP contribution >= 0.6 is 34.3 Å². The normalized spacial score (nSPS) is 14.1. The maximum absolute atomic E-state index is 12.0. The Morgan fingerprint density at radius 1 is 1.47 bits per heavy atom. The molecule has 2 N–H and O–H groups in total. The topological polar surface area (TPSA) is 49.3 Å². The molecule has 0 spiro atoms. The molecule has 0 aliphatic heterocycles. The van der Waals surface area contributed by atoms with Gasteiger partial charge in [-0.3, -0.25) is 4.79 Å².